The van der Waals surface area contributed by atoms with E-state index in [4.69, 9.17) is 4.74 Å². The monoisotopic (exact) mass is 369 g/mol. The first-order chi connectivity index (χ1) is 13.0. The summed E-state index contributed by atoms with van der Waals surface area (Å²) >= 11 is 0. The van der Waals surface area contributed by atoms with E-state index >= 15 is 0 Å². The summed E-state index contributed by atoms with van der Waals surface area (Å²) in [6, 6.07) is 8.39. The summed E-state index contributed by atoms with van der Waals surface area (Å²) in [7, 11) is 1.50. The number of aryl methyl sites for hydroxylation is 1. The molecule has 1 aliphatic carbocycles. The maximum Gasteiger partial charge on any atom is 0.311 e. The van der Waals surface area contributed by atoms with Gasteiger partial charge in [-0.15, -0.1) is 0 Å². The average Bonchev–Trinajstić information content (AvgIpc) is 3.19. The molecule has 1 saturated carbocycles. The van der Waals surface area contributed by atoms with Gasteiger partial charge in [0.1, 0.15) is 0 Å². The molecule has 1 aliphatic heterocycles. The molecule has 0 unspecified atom stereocenters. The van der Waals surface area contributed by atoms with Gasteiger partial charge in [0.25, 0.3) is 0 Å². The highest BCUT2D eigenvalue weighted by molar-refractivity contribution is 5.64. The first kappa shape index (κ1) is 17.9. The third-order valence-electron chi connectivity index (χ3n) is 6.51. The van der Waals surface area contributed by atoms with Crippen molar-refractivity contribution in [3.63, 3.8) is 0 Å². The molecule has 6 heteroatoms. The van der Waals surface area contributed by atoms with Crippen LogP contribution in [0.25, 0.3) is 0 Å². The van der Waals surface area contributed by atoms with Crippen LogP contribution >= 0.6 is 0 Å². The zero-order chi connectivity index (χ0) is 19.0. The second-order valence-electron chi connectivity index (χ2n) is 7.94. The highest BCUT2D eigenvalue weighted by Gasteiger charge is 2.46. The van der Waals surface area contributed by atoms with Crippen LogP contribution in [-0.4, -0.2) is 29.7 Å². The van der Waals surface area contributed by atoms with Crippen molar-refractivity contribution in [3.05, 3.63) is 52.3 Å². The Morgan fingerprint density at radius 3 is 2.44 bits per heavy atom. The van der Waals surface area contributed by atoms with Gasteiger partial charge in [-0.25, -0.2) is 0 Å². The summed E-state index contributed by atoms with van der Waals surface area (Å²) in [6.45, 7) is 4.06. The van der Waals surface area contributed by atoms with Crippen LogP contribution in [-0.2, 0) is 6.42 Å². The number of ether oxygens (including phenoxy) is 1. The van der Waals surface area contributed by atoms with E-state index in [9.17, 15) is 10.1 Å². The van der Waals surface area contributed by atoms with Gasteiger partial charge in [0.15, 0.2) is 5.75 Å². The van der Waals surface area contributed by atoms with Crippen molar-refractivity contribution in [2.75, 3.05) is 25.1 Å². The Labute approximate surface area is 159 Å². The molecule has 0 N–H and O–H groups in total. The zero-order valence-corrected chi connectivity index (χ0v) is 16.1. The average molecular weight is 369 g/mol. The third kappa shape index (κ3) is 3.17. The third-order valence-corrected chi connectivity index (χ3v) is 6.51. The molecule has 0 atom stereocenters. The quantitative estimate of drug-likeness (QED) is 0.571. The Hall–Kier alpha value is -2.50. The minimum Gasteiger partial charge on any atom is -0.490 e. The van der Waals surface area contributed by atoms with Crippen LogP contribution in [0.1, 0.15) is 44.2 Å². The molecule has 1 aromatic carbocycles. The van der Waals surface area contributed by atoms with Gasteiger partial charge in [-0.05, 0) is 55.2 Å². The molecule has 2 heterocycles. The van der Waals surface area contributed by atoms with E-state index in [0.29, 0.717) is 17.2 Å². The van der Waals surface area contributed by atoms with E-state index in [1.165, 1.54) is 32.8 Å². The van der Waals surface area contributed by atoms with E-state index in [1.807, 2.05) is 13.0 Å². The molecule has 0 amide bonds. The molecular formula is C21H27N3O3. The number of rotatable bonds is 5. The van der Waals surface area contributed by atoms with Gasteiger partial charge in [-0.1, -0.05) is 6.92 Å². The number of hydrogen-bond donors (Lipinski definition) is 0. The number of benzene rings is 1. The summed E-state index contributed by atoms with van der Waals surface area (Å²) in [5.74, 6) is 0.351. The second kappa shape index (κ2) is 6.91. The molecule has 4 rings (SSSR count). The maximum absolute atomic E-state index is 11.3. The maximum atomic E-state index is 11.3. The van der Waals surface area contributed by atoms with Gasteiger partial charge >= 0.3 is 5.69 Å². The van der Waals surface area contributed by atoms with E-state index in [-0.39, 0.29) is 10.6 Å². The Kier molecular flexibility index (Phi) is 4.58. The lowest BCUT2D eigenvalue weighted by Gasteiger charge is -2.53. The van der Waals surface area contributed by atoms with Gasteiger partial charge in [0.05, 0.1) is 12.0 Å². The summed E-state index contributed by atoms with van der Waals surface area (Å²) in [5, 5.41) is 11.3. The van der Waals surface area contributed by atoms with Crippen molar-refractivity contribution in [2.45, 2.75) is 45.1 Å². The van der Waals surface area contributed by atoms with Gasteiger partial charge in [0, 0.05) is 49.3 Å². The number of aromatic nitrogens is 1. The molecule has 2 aromatic rings. The van der Waals surface area contributed by atoms with Crippen LogP contribution in [0.5, 0.6) is 5.75 Å². The zero-order valence-electron chi connectivity index (χ0n) is 16.1. The summed E-state index contributed by atoms with van der Waals surface area (Å²) in [6.07, 6.45) is 10.0. The molecule has 0 bridgehead atoms. The number of methoxy groups -OCH3 is 1. The second-order valence-corrected chi connectivity index (χ2v) is 7.94. The van der Waals surface area contributed by atoms with Gasteiger partial charge in [-0.2, -0.15) is 0 Å². The number of piperidine rings is 1. The standard InChI is InChI=1S/C21H27N3O3/c1-3-16-12-19(24(25)26)20(27-2)13-18(16)23-10-6-21(7-11-23)14-17(15-21)22-8-4-5-9-22/h4-5,8-9,12-13,17H,3,6-7,10-11,14-15H2,1-2H3. The van der Waals surface area contributed by atoms with Gasteiger partial charge < -0.3 is 14.2 Å². The summed E-state index contributed by atoms with van der Waals surface area (Å²) in [4.78, 5) is 13.3. The summed E-state index contributed by atoms with van der Waals surface area (Å²) in [5.41, 5.74) is 2.65. The molecule has 1 saturated heterocycles. The molecule has 1 spiro atoms. The minimum atomic E-state index is -0.358. The SMILES string of the molecule is CCc1cc([N+](=O)[O-])c(OC)cc1N1CCC2(CC1)CC(n1cccc1)C2. The Bertz CT molecular complexity index is 815. The van der Waals surface area contributed by atoms with Crippen molar-refractivity contribution < 1.29 is 9.66 Å². The Balaban J connectivity index is 1.47. The van der Waals surface area contributed by atoms with Crippen molar-refractivity contribution >= 4 is 11.4 Å². The first-order valence-electron chi connectivity index (χ1n) is 9.78. The van der Waals surface area contributed by atoms with Crippen LogP contribution in [0.2, 0.25) is 0 Å². The molecule has 27 heavy (non-hydrogen) atoms. The minimum absolute atomic E-state index is 0.0557. The van der Waals surface area contributed by atoms with Gasteiger partial charge in [-0.3, -0.25) is 10.1 Å². The highest BCUT2D eigenvalue weighted by Crippen LogP contribution is 2.55. The molecule has 2 aliphatic rings. The molecule has 144 valence electrons. The molecule has 1 aromatic heterocycles. The van der Waals surface area contributed by atoms with Crippen LogP contribution < -0.4 is 9.64 Å². The fourth-order valence-electron chi connectivity index (χ4n) is 4.86. The number of nitrogens with zero attached hydrogens (tertiary/aromatic N) is 3. The Morgan fingerprint density at radius 1 is 1.22 bits per heavy atom. The van der Waals surface area contributed by atoms with Gasteiger partial charge in [0.2, 0.25) is 0 Å². The predicted molar refractivity (Wildman–Crippen MR) is 106 cm³/mol. The normalized spacial score (nSPS) is 19.1. The number of nitro benzene ring substituents is 1. The number of anilines is 1. The lowest BCUT2D eigenvalue weighted by Crippen LogP contribution is -2.47. The van der Waals surface area contributed by atoms with Crippen LogP contribution in [0, 0.1) is 15.5 Å². The van der Waals surface area contributed by atoms with E-state index in [0.717, 1.165) is 30.8 Å². The molecular weight excluding hydrogens is 342 g/mol. The van der Waals surface area contributed by atoms with E-state index in [1.54, 1.807) is 6.07 Å². The first-order valence-corrected chi connectivity index (χ1v) is 9.78. The lowest BCUT2D eigenvalue weighted by molar-refractivity contribution is -0.385. The topological polar surface area (TPSA) is 60.5 Å². The predicted octanol–water partition coefficient (Wildman–Crippen LogP) is 4.59. The van der Waals surface area contributed by atoms with Crippen molar-refractivity contribution in [3.8, 4) is 5.75 Å². The van der Waals surface area contributed by atoms with Crippen molar-refractivity contribution in [1.29, 1.82) is 0 Å². The molecule has 0 radical (unpaired) electrons. The summed E-state index contributed by atoms with van der Waals surface area (Å²) < 4.78 is 7.64. The van der Waals surface area contributed by atoms with Crippen LogP contribution in [0.4, 0.5) is 11.4 Å². The Morgan fingerprint density at radius 2 is 1.89 bits per heavy atom. The number of hydrogen-bond acceptors (Lipinski definition) is 4. The van der Waals surface area contributed by atoms with Crippen molar-refractivity contribution in [1.82, 2.24) is 4.57 Å². The van der Waals surface area contributed by atoms with E-state index < -0.39 is 0 Å². The highest BCUT2D eigenvalue weighted by atomic mass is 16.6. The molecule has 6 nitrogen and oxygen atoms in total. The van der Waals surface area contributed by atoms with Crippen LogP contribution in [0.3, 0.4) is 0 Å². The van der Waals surface area contributed by atoms with E-state index in [2.05, 4.69) is 34.0 Å². The molecule has 2 fully saturated rings. The largest absolute Gasteiger partial charge is 0.490 e. The fourth-order valence-corrected chi connectivity index (χ4v) is 4.86. The smallest absolute Gasteiger partial charge is 0.311 e. The van der Waals surface area contributed by atoms with Crippen LogP contribution in [0.15, 0.2) is 36.7 Å². The van der Waals surface area contributed by atoms with Crippen molar-refractivity contribution in [2.24, 2.45) is 5.41 Å². The number of nitro groups is 1. The lowest BCUT2D eigenvalue weighted by atomic mass is 9.60. The fraction of sp³-hybridized carbons (Fsp3) is 0.524.